The number of hydrogen-bond donors (Lipinski definition) is 0. The predicted molar refractivity (Wildman–Crippen MR) is 105 cm³/mol. The monoisotopic (exact) mass is 422 g/mol. The first kappa shape index (κ1) is 20.3. The topological polar surface area (TPSA) is 51.0 Å². The van der Waals surface area contributed by atoms with Gasteiger partial charge in [-0.1, -0.05) is 29.4 Å². The molecule has 0 aliphatic rings. The van der Waals surface area contributed by atoms with E-state index in [9.17, 15) is 13.6 Å². The maximum Gasteiger partial charge on any atom is 0.233 e. The fourth-order valence-electron chi connectivity index (χ4n) is 2.54. The number of amides is 1. The number of thioether (sulfide) groups is 1. The maximum atomic E-state index is 13.9. The first-order chi connectivity index (χ1) is 13.4. The van der Waals surface area contributed by atoms with Gasteiger partial charge in [0.2, 0.25) is 5.91 Å². The van der Waals surface area contributed by atoms with Gasteiger partial charge in [0.1, 0.15) is 11.6 Å². The Morgan fingerprint density at radius 3 is 2.57 bits per heavy atom. The molecule has 1 aromatic heterocycles. The van der Waals surface area contributed by atoms with Crippen LogP contribution in [0.5, 0.6) is 0 Å². The largest absolute Gasteiger partial charge is 0.341 e. The van der Waals surface area contributed by atoms with Crippen LogP contribution in [0.25, 0.3) is 11.4 Å². The molecule has 2 aromatic carbocycles. The lowest BCUT2D eigenvalue weighted by atomic mass is 10.2. The molecule has 0 aliphatic carbocycles. The quantitative estimate of drug-likeness (QED) is 0.559. The second-order valence-electron chi connectivity index (χ2n) is 6.11. The van der Waals surface area contributed by atoms with Crippen molar-refractivity contribution in [2.45, 2.75) is 11.7 Å². The Bertz CT molecular complexity index is 974. The summed E-state index contributed by atoms with van der Waals surface area (Å²) in [7, 11) is 3.36. The first-order valence-corrected chi connectivity index (χ1v) is 9.68. The van der Waals surface area contributed by atoms with Gasteiger partial charge in [-0.3, -0.25) is 4.79 Å². The van der Waals surface area contributed by atoms with Crippen LogP contribution in [-0.2, 0) is 18.4 Å². The van der Waals surface area contributed by atoms with Gasteiger partial charge in [-0.05, 0) is 36.4 Å². The van der Waals surface area contributed by atoms with Crippen molar-refractivity contribution in [1.29, 1.82) is 0 Å². The molecule has 0 radical (unpaired) electrons. The maximum absolute atomic E-state index is 13.9. The van der Waals surface area contributed by atoms with E-state index in [2.05, 4.69) is 10.2 Å². The van der Waals surface area contributed by atoms with E-state index in [1.165, 1.54) is 40.9 Å². The van der Waals surface area contributed by atoms with Crippen molar-refractivity contribution in [3.05, 3.63) is 64.7 Å². The molecule has 1 amide bonds. The van der Waals surface area contributed by atoms with E-state index in [1.807, 2.05) is 0 Å². The summed E-state index contributed by atoms with van der Waals surface area (Å²) in [6.07, 6.45) is 0. The van der Waals surface area contributed by atoms with Gasteiger partial charge in [0.15, 0.2) is 11.0 Å². The Morgan fingerprint density at radius 1 is 1.18 bits per heavy atom. The Labute approximate surface area is 170 Å². The van der Waals surface area contributed by atoms with Crippen LogP contribution in [0.3, 0.4) is 0 Å². The minimum absolute atomic E-state index is 0.0740. The summed E-state index contributed by atoms with van der Waals surface area (Å²) in [4.78, 5) is 13.8. The average Bonchev–Trinajstić information content (AvgIpc) is 3.04. The normalized spacial score (nSPS) is 10.9. The average molecular weight is 423 g/mol. The molecule has 28 heavy (non-hydrogen) atoms. The molecule has 0 N–H and O–H groups in total. The lowest BCUT2D eigenvalue weighted by molar-refractivity contribution is -0.127. The Hall–Kier alpha value is -2.45. The number of nitrogens with zero attached hydrogens (tertiary/aromatic N) is 4. The molecule has 0 aliphatic heterocycles. The van der Waals surface area contributed by atoms with E-state index in [0.717, 1.165) is 5.56 Å². The molecule has 0 saturated carbocycles. The van der Waals surface area contributed by atoms with E-state index in [4.69, 9.17) is 11.6 Å². The molecule has 9 heteroatoms. The van der Waals surface area contributed by atoms with Gasteiger partial charge in [0, 0.05) is 36.8 Å². The molecule has 0 atom stereocenters. The zero-order valence-corrected chi connectivity index (χ0v) is 16.8. The van der Waals surface area contributed by atoms with Crippen molar-refractivity contribution in [3.63, 3.8) is 0 Å². The van der Waals surface area contributed by atoms with Gasteiger partial charge in [-0.15, -0.1) is 10.2 Å². The molecule has 0 bridgehead atoms. The summed E-state index contributed by atoms with van der Waals surface area (Å²) < 4.78 is 28.7. The molecule has 1 heterocycles. The molecule has 0 fully saturated rings. The van der Waals surface area contributed by atoms with Gasteiger partial charge < -0.3 is 9.47 Å². The van der Waals surface area contributed by atoms with E-state index in [1.54, 1.807) is 36.9 Å². The number of carbonyl (C=O) groups excluding carboxylic acids is 1. The third-order valence-corrected chi connectivity index (χ3v) is 5.50. The Balaban J connectivity index is 1.64. The fraction of sp³-hybridized carbons (Fsp3) is 0.211. The third-order valence-electron chi connectivity index (χ3n) is 4.14. The first-order valence-electron chi connectivity index (χ1n) is 8.32. The lowest BCUT2D eigenvalue weighted by Gasteiger charge is -2.18. The molecule has 0 saturated heterocycles. The highest BCUT2D eigenvalue weighted by atomic mass is 35.5. The van der Waals surface area contributed by atoms with Crippen LogP contribution in [-0.4, -0.2) is 38.4 Å². The van der Waals surface area contributed by atoms with Crippen LogP contribution in [0, 0.1) is 11.6 Å². The van der Waals surface area contributed by atoms with Crippen molar-refractivity contribution in [1.82, 2.24) is 19.7 Å². The van der Waals surface area contributed by atoms with Crippen molar-refractivity contribution >= 4 is 29.3 Å². The van der Waals surface area contributed by atoms with E-state index < -0.39 is 5.82 Å². The number of benzene rings is 2. The molecule has 5 nitrogen and oxygen atoms in total. The van der Waals surface area contributed by atoms with Crippen LogP contribution >= 0.6 is 23.4 Å². The van der Waals surface area contributed by atoms with Crippen molar-refractivity contribution in [2.24, 2.45) is 7.05 Å². The van der Waals surface area contributed by atoms with Crippen LogP contribution in [0.2, 0.25) is 5.02 Å². The smallest absolute Gasteiger partial charge is 0.233 e. The van der Waals surface area contributed by atoms with Crippen LogP contribution in [0.4, 0.5) is 8.78 Å². The van der Waals surface area contributed by atoms with E-state index in [0.29, 0.717) is 11.0 Å². The molecule has 146 valence electrons. The van der Waals surface area contributed by atoms with Gasteiger partial charge in [0.25, 0.3) is 0 Å². The number of carbonyl (C=O) groups is 1. The standard InChI is InChI=1S/C19H17ClF2N4OS/c1-25(10-14-15(20)4-3-5-16(14)22)17(27)11-28-19-24-23-18(26(19)2)12-6-8-13(21)9-7-12/h3-9H,10-11H2,1-2H3. The number of hydrogen-bond acceptors (Lipinski definition) is 4. The van der Waals surface area contributed by atoms with Crippen molar-refractivity contribution < 1.29 is 13.6 Å². The predicted octanol–water partition coefficient (Wildman–Crippen LogP) is 4.16. The molecule has 3 rings (SSSR count). The van der Waals surface area contributed by atoms with Crippen LogP contribution in [0.15, 0.2) is 47.6 Å². The Morgan fingerprint density at radius 2 is 1.89 bits per heavy atom. The van der Waals surface area contributed by atoms with E-state index >= 15 is 0 Å². The fourth-order valence-corrected chi connectivity index (χ4v) is 3.61. The minimum atomic E-state index is -0.447. The Kier molecular flexibility index (Phi) is 6.31. The summed E-state index contributed by atoms with van der Waals surface area (Å²) in [5, 5.41) is 9.02. The van der Waals surface area contributed by atoms with Crippen molar-refractivity contribution in [3.8, 4) is 11.4 Å². The van der Waals surface area contributed by atoms with E-state index in [-0.39, 0.29) is 34.6 Å². The SMILES string of the molecule is CN(Cc1c(F)cccc1Cl)C(=O)CSc1nnc(-c2ccc(F)cc2)n1C. The lowest BCUT2D eigenvalue weighted by Crippen LogP contribution is -2.28. The summed E-state index contributed by atoms with van der Waals surface area (Å²) in [6.45, 7) is 0.0740. The number of aromatic nitrogens is 3. The molecule has 0 unspecified atom stereocenters. The van der Waals surface area contributed by atoms with Gasteiger partial charge in [-0.25, -0.2) is 8.78 Å². The highest BCUT2D eigenvalue weighted by molar-refractivity contribution is 7.99. The molecule has 3 aromatic rings. The summed E-state index contributed by atoms with van der Waals surface area (Å²) in [5.41, 5.74) is 1.00. The molecule has 0 spiro atoms. The minimum Gasteiger partial charge on any atom is -0.341 e. The summed E-state index contributed by atoms with van der Waals surface area (Å²) in [5.74, 6) is -0.295. The summed E-state index contributed by atoms with van der Waals surface area (Å²) in [6, 6.07) is 10.3. The zero-order valence-electron chi connectivity index (χ0n) is 15.2. The highest BCUT2D eigenvalue weighted by Gasteiger charge is 2.17. The molecular weight excluding hydrogens is 406 g/mol. The second kappa shape index (κ2) is 8.70. The number of halogens is 3. The van der Waals surface area contributed by atoms with Crippen LogP contribution < -0.4 is 0 Å². The summed E-state index contributed by atoms with van der Waals surface area (Å²) >= 11 is 7.23. The van der Waals surface area contributed by atoms with Gasteiger partial charge in [0.05, 0.1) is 5.75 Å². The van der Waals surface area contributed by atoms with Crippen LogP contribution in [0.1, 0.15) is 5.56 Å². The highest BCUT2D eigenvalue weighted by Crippen LogP contribution is 2.24. The number of rotatable bonds is 6. The van der Waals surface area contributed by atoms with Gasteiger partial charge >= 0.3 is 0 Å². The second-order valence-corrected chi connectivity index (χ2v) is 7.46. The van der Waals surface area contributed by atoms with Crippen molar-refractivity contribution in [2.75, 3.05) is 12.8 Å². The molecular formula is C19H17ClF2N4OS. The third kappa shape index (κ3) is 4.51. The van der Waals surface area contributed by atoms with Gasteiger partial charge in [-0.2, -0.15) is 0 Å². The zero-order chi connectivity index (χ0) is 20.3.